The van der Waals surface area contributed by atoms with Crippen LogP contribution in [0.15, 0.2) is 10.7 Å². The van der Waals surface area contributed by atoms with E-state index in [9.17, 15) is 5.11 Å². The number of ether oxygens (including phenoxy) is 1. The van der Waals surface area contributed by atoms with Crippen molar-refractivity contribution in [1.82, 2.24) is 9.78 Å². The molecule has 4 nitrogen and oxygen atoms in total. The van der Waals surface area contributed by atoms with Crippen LogP contribution >= 0.6 is 15.9 Å². The first-order chi connectivity index (χ1) is 7.06. The van der Waals surface area contributed by atoms with Gasteiger partial charge in [-0.05, 0) is 28.3 Å². The highest BCUT2D eigenvalue weighted by atomic mass is 79.9. The Hall–Kier alpha value is -0.390. The Balaban J connectivity index is 2.64. The molecule has 0 aromatic carbocycles. The largest absolute Gasteiger partial charge is 0.387 e. The van der Waals surface area contributed by atoms with Gasteiger partial charge in [-0.2, -0.15) is 5.10 Å². The van der Waals surface area contributed by atoms with Crippen LogP contribution in [-0.4, -0.2) is 28.6 Å². The van der Waals surface area contributed by atoms with Crippen molar-refractivity contribution in [2.24, 2.45) is 13.0 Å². The van der Waals surface area contributed by atoms with E-state index in [0.29, 0.717) is 18.9 Å². The van der Waals surface area contributed by atoms with Gasteiger partial charge in [0, 0.05) is 20.8 Å². The third kappa shape index (κ3) is 3.29. The second-order valence-corrected chi connectivity index (χ2v) is 4.67. The quantitative estimate of drug-likeness (QED) is 0.894. The third-order valence-corrected chi connectivity index (χ3v) is 2.94. The summed E-state index contributed by atoms with van der Waals surface area (Å²) in [5, 5.41) is 14.1. The molecule has 1 rings (SSSR count). The molecule has 2 unspecified atom stereocenters. The van der Waals surface area contributed by atoms with Crippen molar-refractivity contribution in [3.05, 3.63) is 16.4 Å². The molecule has 1 aromatic heterocycles. The third-order valence-electron chi connectivity index (χ3n) is 2.33. The van der Waals surface area contributed by atoms with E-state index in [2.05, 4.69) is 28.0 Å². The summed E-state index contributed by atoms with van der Waals surface area (Å²) in [6.45, 7) is 2.71. The molecular formula is C10H17BrN2O2. The van der Waals surface area contributed by atoms with Gasteiger partial charge in [-0.3, -0.25) is 4.68 Å². The monoisotopic (exact) mass is 276 g/mol. The SMILES string of the molecule is COCC(C)CC(O)c1c(Br)cnn1C. The lowest BCUT2D eigenvalue weighted by molar-refractivity contribution is 0.0968. The Labute approximate surface area is 98.4 Å². The fourth-order valence-electron chi connectivity index (χ4n) is 1.64. The molecule has 1 heterocycles. The second kappa shape index (κ2) is 5.63. The van der Waals surface area contributed by atoms with Crippen LogP contribution in [0.5, 0.6) is 0 Å². The molecule has 1 N–H and O–H groups in total. The minimum absolute atomic E-state index is 0.326. The van der Waals surface area contributed by atoms with E-state index in [-0.39, 0.29) is 0 Å². The van der Waals surface area contributed by atoms with E-state index in [1.165, 1.54) is 0 Å². The zero-order valence-electron chi connectivity index (χ0n) is 9.27. The normalized spacial score (nSPS) is 15.3. The van der Waals surface area contributed by atoms with Gasteiger partial charge in [0.05, 0.1) is 22.5 Å². The van der Waals surface area contributed by atoms with Crippen LogP contribution in [-0.2, 0) is 11.8 Å². The maximum absolute atomic E-state index is 10.0. The van der Waals surface area contributed by atoms with E-state index in [1.807, 2.05) is 7.05 Å². The number of methoxy groups -OCH3 is 1. The molecule has 5 heteroatoms. The van der Waals surface area contributed by atoms with Gasteiger partial charge in [0.2, 0.25) is 0 Å². The van der Waals surface area contributed by atoms with Crippen LogP contribution < -0.4 is 0 Å². The summed E-state index contributed by atoms with van der Waals surface area (Å²) in [6.07, 6.45) is 1.86. The van der Waals surface area contributed by atoms with Crippen molar-refractivity contribution in [1.29, 1.82) is 0 Å². The standard InChI is InChI=1S/C10H17BrN2O2/c1-7(6-15-3)4-9(14)10-8(11)5-12-13(10)2/h5,7,9,14H,4,6H2,1-3H3. The number of hydrogen-bond acceptors (Lipinski definition) is 3. The Kier molecular flexibility index (Phi) is 4.76. The van der Waals surface area contributed by atoms with Gasteiger partial charge in [0.1, 0.15) is 0 Å². The molecule has 0 aliphatic carbocycles. The number of nitrogens with zero attached hydrogens (tertiary/aromatic N) is 2. The summed E-state index contributed by atoms with van der Waals surface area (Å²) in [5.41, 5.74) is 0.818. The molecule has 0 radical (unpaired) electrons. The fourth-order valence-corrected chi connectivity index (χ4v) is 2.25. The predicted molar refractivity (Wildman–Crippen MR) is 61.5 cm³/mol. The number of aliphatic hydroxyl groups excluding tert-OH is 1. The highest BCUT2D eigenvalue weighted by molar-refractivity contribution is 9.10. The molecular weight excluding hydrogens is 260 g/mol. The maximum Gasteiger partial charge on any atom is 0.0971 e. The molecule has 1 aromatic rings. The van der Waals surface area contributed by atoms with Crippen LogP contribution in [0.3, 0.4) is 0 Å². The molecule has 0 saturated heterocycles. The Bertz CT molecular complexity index is 295. The highest BCUT2D eigenvalue weighted by Crippen LogP contribution is 2.27. The number of halogens is 1. The van der Waals surface area contributed by atoms with Gasteiger partial charge >= 0.3 is 0 Å². The molecule has 0 bridgehead atoms. The summed E-state index contributed by atoms with van der Waals surface area (Å²) < 4.78 is 7.58. The Morgan fingerprint density at radius 1 is 1.67 bits per heavy atom. The molecule has 0 spiro atoms. The fraction of sp³-hybridized carbons (Fsp3) is 0.700. The zero-order chi connectivity index (χ0) is 11.4. The summed E-state index contributed by atoms with van der Waals surface area (Å²) in [6, 6.07) is 0. The number of rotatable bonds is 5. The van der Waals surface area contributed by atoms with Gasteiger partial charge in [-0.1, -0.05) is 6.92 Å². The predicted octanol–water partition coefficient (Wildman–Crippen LogP) is 1.89. The van der Waals surface area contributed by atoms with Crippen molar-refractivity contribution >= 4 is 15.9 Å². The van der Waals surface area contributed by atoms with Gasteiger partial charge < -0.3 is 9.84 Å². The van der Waals surface area contributed by atoms with Crippen molar-refractivity contribution < 1.29 is 9.84 Å². The summed E-state index contributed by atoms with van der Waals surface area (Å²) >= 11 is 3.37. The van der Waals surface area contributed by atoms with Crippen molar-refractivity contribution in [2.45, 2.75) is 19.4 Å². The Morgan fingerprint density at radius 3 is 2.80 bits per heavy atom. The first kappa shape index (κ1) is 12.7. The van der Waals surface area contributed by atoms with E-state index >= 15 is 0 Å². The van der Waals surface area contributed by atoms with Crippen LogP contribution in [0.4, 0.5) is 0 Å². The average Bonchev–Trinajstić information content (AvgIpc) is 2.46. The first-order valence-corrected chi connectivity index (χ1v) is 5.70. The molecule has 15 heavy (non-hydrogen) atoms. The summed E-state index contributed by atoms with van der Waals surface area (Å²) in [4.78, 5) is 0. The van der Waals surface area contributed by atoms with Gasteiger partial charge in [-0.15, -0.1) is 0 Å². The van der Waals surface area contributed by atoms with Gasteiger partial charge in [0.25, 0.3) is 0 Å². The number of aromatic nitrogens is 2. The van der Waals surface area contributed by atoms with Crippen molar-refractivity contribution in [3.8, 4) is 0 Å². The Morgan fingerprint density at radius 2 is 2.33 bits per heavy atom. The minimum Gasteiger partial charge on any atom is -0.387 e. The van der Waals surface area contributed by atoms with Crippen LogP contribution in [0, 0.1) is 5.92 Å². The van der Waals surface area contributed by atoms with Crippen molar-refractivity contribution in [2.75, 3.05) is 13.7 Å². The molecule has 0 amide bonds. The topological polar surface area (TPSA) is 47.3 Å². The number of hydrogen-bond donors (Lipinski definition) is 1. The molecule has 86 valence electrons. The van der Waals surface area contributed by atoms with Crippen LogP contribution in [0.2, 0.25) is 0 Å². The second-order valence-electron chi connectivity index (χ2n) is 3.81. The van der Waals surface area contributed by atoms with E-state index in [1.54, 1.807) is 18.0 Å². The van der Waals surface area contributed by atoms with E-state index in [0.717, 1.165) is 10.2 Å². The lowest BCUT2D eigenvalue weighted by atomic mass is 10.0. The summed E-state index contributed by atoms with van der Waals surface area (Å²) in [7, 11) is 3.49. The van der Waals surface area contributed by atoms with Gasteiger partial charge in [0.15, 0.2) is 0 Å². The molecule has 0 fully saturated rings. The van der Waals surface area contributed by atoms with Gasteiger partial charge in [-0.25, -0.2) is 0 Å². The lowest BCUT2D eigenvalue weighted by Crippen LogP contribution is -2.12. The lowest BCUT2D eigenvalue weighted by Gasteiger charge is -2.16. The smallest absolute Gasteiger partial charge is 0.0971 e. The average molecular weight is 277 g/mol. The van der Waals surface area contributed by atoms with E-state index < -0.39 is 6.10 Å². The first-order valence-electron chi connectivity index (χ1n) is 4.90. The molecule has 2 atom stereocenters. The highest BCUT2D eigenvalue weighted by Gasteiger charge is 2.18. The molecule has 0 aliphatic rings. The molecule has 0 saturated carbocycles. The zero-order valence-corrected chi connectivity index (χ0v) is 10.9. The minimum atomic E-state index is -0.503. The van der Waals surface area contributed by atoms with Crippen molar-refractivity contribution in [3.63, 3.8) is 0 Å². The van der Waals surface area contributed by atoms with Crippen LogP contribution in [0.25, 0.3) is 0 Å². The number of aliphatic hydroxyl groups is 1. The van der Waals surface area contributed by atoms with E-state index in [4.69, 9.17) is 4.74 Å². The maximum atomic E-state index is 10.0. The molecule has 0 aliphatic heterocycles. The number of aryl methyl sites for hydroxylation is 1. The van der Waals surface area contributed by atoms with Crippen LogP contribution in [0.1, 0.15) is 25.1 Å². The summed E-state index contributed by atoms with van der Waals surface area (Å²) in [5.74, 6) is 0.326.